The fourth-order valence-corrected chi connectivity index (χ4v) is 2.85. The van der Waals surface area contributed by atoms with Gasteiger partial charge in [-0.1, -0.05) is 5.92 Å². The van der Waals surface area contributed by atoms with Crippen LogP contribution >= 0.6 is 11.6 Å². The van der Waals surface area contributed by atoms with Gasteiger partial charge >= 0.3 is 0 Å². The second-order valence-corrected chi connectivity index (χ2v) is 5.53. The van der Waals surface area contributed by atoms with Crippen molar-refractivity contribution in [3.8, 4) is 11.8 Å². The molecule has 114 valence electrons. The van der Waals surface area contributed by atoms with Crippen molar-refractivity contribution in [1.82, 2.24) is 19.9 Å². The summed E-state index contributed by atoms with van der Waals surface area (Å²) in [5.74, 6) is 5.81. The summed E-state index contributed by atoms with van der Waals surface area (Å²) < 4.78 is 0. The van der Waals surface area contributed by atoms with Crippen LogP contribution in [0.15, 0.2) is 12.3 Å². The maximum absolute atomic E-state index is 11.9. The van der Waals surface area contributed by atoms with E-state index in [2.05, 4.69) is 32.1 Å². The van der Waals surface area contributed by atoms with Gasteiger partial charge < -0.3 is 15.2 Å². The van der Waals surface area contributed by atoms with Crippen molar-refractivity contribution in [2.24, 2.45) is 0 Å². The molecule has 1 amide bonds. The number of nitrogens with zero attached hydrogens (tertiary/aromatic N) is 3. The fourth-order valence-electron chi connectivity index (χ4n) is 2.68. The van der Waals surface area contributed by atoms with E-state index in [9.17, 15) is 4.79 Å². The van der Waals surface area contributed by atoms with Crippen molar-refractivity contribution in [2.75, 3.05) is 18.4 Å². The van der Waals surface area contributed by atoms with Crippen LogP contribution in [0.5, 0.6) is 0 Å². The Balaban J connectivity index is 1.78. The van der Waals surface area contributed by atoms with Crippen LogP contribution in [0.1, 0.15) is 19.8 Å². The molecular formula is C15H16ClN5O. The molecule has 0 radical (unpaired) electrons. The molecule has 2 aromatic heterocycles. The number of aromatic nitrogens is 3. The highest BCUT2D eigenvalue weighted by molar-refractivity contribution is 6.28. The van der Waals surface area contributed by atoms with Crippen molar-refractivity contribution < 1.29 is 4.79 Å². The molecule has 0 unspecified atom stereocenters. The molecule has 7 heteroatoms. The third kappa shape index (κ3) is 3.00. The highest BCUT2D eigenvalue weighted by atomic mass is 35.5. The summed E-state index contributed by atoms with van der Waals surface area (Å²) >= 11 is 5.95. The van der Waals surface area contributed by atoms with Gasteiger partial charge in [-0.15, -0.1) is 0 Å². The topological polar surface area (TPSA) is 73.9 Å². The largest absolute Gasteiger partial charge is 0.365 e. The Hall–Kier alpha value is -2.26. The Labute approximate surface area is 133 Å². The summed E-state index contributed by atoms with van der Waals surface area (Å²) in [6.07, 6.45) is 3.70. The number of fused-ring (bicyclic) bond motifs is 1. The number of nitrogens with one attached hydrogen (secondary N) is 2. The van der Waals surface area contributed by atoms with Gasteiger partial charge in [-0.2, -0.15) is 4.98 Å². The van der Waals surface area contributed by atoms with Crippen LogP contribution in [0.4, 0.5) is 5.82 Å². The normalized spacial score (nSPS) is 17.9. The zero-order valence-corrected chi connectivity index (χ0v) is 12.9. The van der Waals surface area contributed by atoms with Gasteiger partial charge in [0.1, 0.15) is 11.5 Å². The van der Waals surface area contributed by atoms with Crippen molar-refractivity contribution in [3.63, 3.8) is 0 Å². The molecule has 0 aliphatic carbocycles. The number of likely N-dealkylation sites (tertiary alicyclic amines) is 1. The quantitative estimate of drug-likeness (QED) is 0.656. The lowest BCUT2D eigenvalue weighted by Gasteiger charge is -2.32. The van der Waals surface area contributed by atoms with Crippen LogP contribution in [-0.2, 0) is 4.79 Å². The van der Waals surface area contributed by atoms with E-state index in [0.717, 1.165) is 24.8 Å². The first kappa shape index (κ1) is 14.7. The summed E-state index contributed by atoms with van der Waals surface area (Å²) in [5.41, 5.74) is 0.697. The van der Waals surface area contributed by atoms with E-state index in [1.54, 1.807) is 18.0 Å². The van der Waals surface area contributed by atoms with Gasteiger partial charge in [0.05, 0.1) is 5.39 Å². The van der Waals surface area contributed by atoms with Crippen molar-refractivity contribution in [2.45, 2.75) is 25.8 Å². The minimum atomic E-state index is -0.124. The second kappa shape index (κ2) is 6.24. The minimum absolute atomic E-state index is 0.124. The summed E-state index contributed by atoms with van der Waals surface area (Å²) in [4.78, 5) is 25.1. The van der Waals surface area contributed by atoms with E-state index >= 15 is 0 Å². The number of amides is 1. The van der Waals surface area contributed by atoms with Crippen LogP contribution in [0.3, 0.4) is 0 Å². The predicted molar refractivity (Wildman–Crippen MR) is 85.6 cm³/mol. The van der Waals surface area contributed by atoms with E-state index in [4.69, 9.17) is 11.6 Å². The lowest BCUT2D eigenvalue weighted by atomic mass is 10.1. The van der Waals surface area contributed by atoms with Crippen molar-refractivity contribution in [3.05, 3.63) is 17.5 Å². The molecule has 22 heavy (non-hydrogen) atoms. The van der Waals surface area contributed by atoms with Gasteiger partial charge in [-0.05, 0) is 43.4 Å². The smallest absolute Gasteiger partial charge is 0.298 e. The summed E-state index contributed by atoms with van der Waals surface area (Å²) in [7, 11) is 0. The van der Waals surface area contributed by atoms with E-state index in [1.807, 2.05) is 6.07 Å². The summed E-state index contributed by atoms with van der Waals surface area (Å²) in [5, 5.41) is 4.46. The first-order valence-corrected chi connectivity index (χ1v) is 7.54. The summed E-state index contributed by atoms with van der Waals surface area (Å²) in [6, 6.07) is 2.03. The molecule has 0 spiro atoms. The number of halogens is 1. The Kier molecular flexibility index (Phi) is 4.16. The Morgan fingerprint density at radius 2 is 2.41 bits per heavy atom. The van der Waals surface area contributed by atoms with Gasteiger partial charge in [0.2, 0.25) is 5.28 Å². The van der Waals surface area contributed by atoms with E-state index in [1.165, 1.54) is 0 Å². The van der Waals surface area contributed by atoms with E-state index in [-0.39, 0.29) is 17.2 Å². The van der Waals surface area contributed by atoms with Crippen LogP contribution in [0.25, 0.3) is 11.0 Å². The minimum Gasteiger partial charge on any atom is -0.365 e. The molecule has 1 aliphatic rings. The first-order chi connectivity index (χ1) is 10.7. The molecule has 6 nitrogen and oxygen atoms in total. The third-order valence-corrected chi connectivity index (χ3v) is 3.84. The SMILES string of the molecule is CC#CC(=O)N1CCC[C@@H](Nc2nc(Cl)nc3[nH]ccc23)C1. The predicted octanol–water partition coefficient (Wildman–Crippen LogP) is 2.04. The molecule has 0 aromatic carbocycles. The zero-order valence-electron chi connectivity index (χ0n) is 12.2. The number of carbonyl (C=O) groups is 1. The Morgan fingerprint density at radius 3 is 3.23 bits per heavy atom. The first-order valence-electron chi connectivity index (χ1n) is 7.16. The van der Waals surface area contributed by atoms with Gasteiger partial charge in [0, 0.05) is 25.3 Å². The highest BCUT2D eigenvalue weighted by Crippen LogP contribution is 2.23. The number of H-pyrrole nitrogens is 1. The molecule has 1 atom stereocenters. The zero-order chi connectivity index (χ0) is 15.5. The van der Waals surface area contributed by atoms with Gasteiger partial charge in [0.15, 0.2) is 0 Å². The standard InChI is InChI=1S/C15H16ClN5O/c1-2-4-12(22)21-8-3-5-10(9-21)18-14-11-6-7-17-13(11)19-15(16)20-14/h6-7,10H,3,5,8-9H2,1H3,(H2,17,18,19,20)/t10-/m1/s1. The number of carbonyl (C=O) groups excluding carboxylic acids is 1. The van der Waals surface area contributed by atoms with Crippen LogP contribution < -0.4 is 5.32 Å². The average molecular weight is 318 g/mol. The number of piperidine rings is 1. The molecule has 2 aromatic rings. The van der Waals surface area contributed by atoms with E-state index in [0.29, 0.717) is 18.0 Å². The Bertz CT molecular complexity index is 760. The number of aromatic amines is 1. The summed E-state index contributed by atoms with van der Waals surface area (Å²) in [6.45, 7) is 3.03. The van der Waals surface area contributed by atoms with Crippen LogP contribution in [-0.4, -0.2) is 44.9 Å². The number of rotatable bonds is 2. The lowest BCUT2D eigenvalue weighted by molar-refractivity contribution is -0.126. The number of hydrogen-bond acceptors (Lipinski definition) is 4. The average Bonchev–Trinajstić information content (AvgIpc) is 2.96. The maximum Gasteiger partial charge on any atom is 0.298 e. The van der Waals surface area contributed by atoms with Crippen molar-refractivity contribution >= 4 is 34.4 Å². The van der Waals surface area contributed by atoms with Crippen LogP contribution in [0.2, 0.25) is 5.28 Å². The molecule has 1 saturated heterocycles. The maximum atomic E-state index is 11.9. The molecular weight excluding hydrogens is 302 g/mol. The van der Waals surface area contributed by atoms with Crippen LogP contribution in [0, 0.1) is 11.8 Å². The van der Waals surface area contributed by atoms with Crippen molar-refractivity contribution in [1.29, 1.82) is 0 Å². The third-order valence-electron chi connectivity index (χ3n) is 3.67. The molecule has 0 saturated carbocycles. The van der Waals surface area contributed by atoms with Gasteiger partial charge in [-0.3, -0.25) is 4.79 Å². The molecule has 2 N–H and O–H groups in total. The molecule has 1 fully saturated rings. The Morgan fingerprint density at radius 1 is 1.55 bits per heavy atom. The molecule has 0 bridgehead atoms. The monoisotopic (exact) mass is 317 g/mol. The van der Waals surface area contributed by atoms with Gasteiger partial charge in [-0.25, -0.2) is 4.98 Å². The molecule has 1 aliphatic heterocycles. The lowest BCUT2D eigenvalue weighted by Crippen LogP contribution is -2.44. The fraction of sp³-hybridized carbons (Fsp3) is 0.400. The number of anilines is 1. The highest BCUT2D eigenvalue weighted by Gasteiger charge is 2.23. The van der Waals surface area contributed by atoms with Gasteiger partial charge in [0.25, 0.3) is 5.91 Å². The molecule has 3 rings (SSSR count). The number of hydrogen-bond donors (Lipinski definition) is 2. The second-order valence-electron chi connectivity index (χ2n) is 5.19. The van der Waals surface area contributed by atoms with E-state index < -0.39 is 0 Å². The molecule has 3 heterocycles.